The minimum absolute atomic E-state index is 0.0642. The van der Waals surface area contributed by atoms with Crippen molar-refractivity contribution >= 4 is 27.5 Å². The van der Waals surface area contributed by atoms with E-state index in [1.807, 2.05) is 31.2 Å². The molecule has 1 aliphatic carbocycles. The molecule has 1 aromatic carbocycles. The Morgan fingerprint density at radius 2 is 1.95 bits per heavy atom. The number of methoxy groups -OCH3 is 1. The zero-order valence-electron chi connectivity index (χ0n) is 24.4. The molecule has 11 nitrogen and oxygen atoms in total. The smallest absolute Gasteiger partial charge is 0.332 e. The van der Waals surface area contributed by atoms with Gasteiger partial charge in [0.05, 0.1) is 48.7 Å². The summed E-state index contributed by atoms with van der Waals surface area (Å²) in [5.41, 5.74) is 0.673. The van der Waals surface area contributed by atoms with Gasteiger partial charge in [-0.15, -0.1) is 11.3 Å². The van der Waals surface area contributed by atoms with Crippen molar-refractivity contribution in [1.29, 1.82) is 0 Å². The van der Waals surface area contributed by atoms with Crippen LogP contribution in [0.1, 0.15) is 55.9 Å². The Labute approximate surface area is 252 Å². The lowest BCUT2D eigenvalue weighted by Gasteiger charge is -2.35. The molecule has 1 saturated carbocycles. The second-order valence-corrected chi connectivity index (χ2v) is 11.9. The van der Waals surface area contributed by atoms with Gasteiger partial charge in [-0.25, -0.2) is 9.78 Å². The highest BCUT2D eigenvalue weighted by molar-refractivity contribution is 7.22. The number of hydrogen-bond acceptors (Lipinski definition) is 10. The first kappa shape index (κ1) is 29.3. The van der Waals surface area contributed by atoms with E-state index in [1.165, 1.54) is 22.2 Å². The SMILES string of the molecule is CCOC(=O)C1CC(n2c(=O)c3c(C)c(-c4ncco4)sc3n(CC(OC3CCOCC3)c3ccccc3OC)c2=O)C1. The molecule has 0 N–H and O–H groups in total. The van der Waals surface area contributed by atoms with Crippen LogP contribution in [0.25, 0.3) is 21.0 Å². The molecule has 2 fully saturated rings. The van der Waals surface area contributed by atoms with Gasteiger partial charge in [-0.05, 0) is 51.2 Å². The van der Waals surface area contributed by atoms with Gasteiger partial charge in [0.2, 0.25) is 5.89 Å². The van der Waals surface area contributed by atoms with E-state index < -0.39 is 17.8 Å². The van der Waals surface area contributed by atoms with E-state index in [-0.39, 0.29) is 36.7 Å². The molecule has 0 bridgehead atoms. The van der Waals surface area contributed by atoms with Crippen LogP contribution in [-0.4, -0.2) is 53.1 Å². The molecule has 1 saturated heterocycles. The summed E-state index contributed by atoms with van der Waals surface area (Å²) in [7, 11) is 1.61. The minimum Gasteiger partial charge on any atom is -0.496 e. The van der Waals surface area contributed by atoms with E-state index in [0.29, 0.717) is 58.4 Å². The summed E-state index contributed by atoms with van der Waals surface area (Å²) in [5, 5.41) is 0.433. The fourth-order valence-electron chi connectivity index (χ4n) is 6.00. The fraction of sp³-hybridized carbons (Fsp3) is 0.484. The Kier molecular flexibility index (Phi) is 8.51. The first-order valence-electron chi connectivity index (χ1n) is 14.6. The maximum atomic E-state index is 14.3. The number of esters is 1. The molecule has 3 aromatic heterocycles. The summed E-state index contributed by atoms with van der Waals surface area (Å²) < 4.78 is 31.7. The summed E-state index contributed by atoms with van der Waals surface area (Å²) in [6, 6.07) is 7.19. The van der Waals surface area contributed by atoms with Crippen molar-refractivity contribution in [2.75, 3.05) is 26.9 Å². The lowest BCUT2D eigenvalue weighted by Crippen LogP contribution is -2.47. The molecule has 0 radical (unpaired) electrons. The van der Waals surface area contributed by atoms with Crippen molar-refractivity contribution in [3.05, 3.63) is 68.7 Å². The molecule has 4 heterocycles. The number of aryl methyl sites for hydroxylation is 1. The van der Waals surface area contributed by atoms with Crippen molar-refractivity contribution in [1.82, 2.24) is 14.1 Å². The zero-order chi connectivity index (χ0) is 30.1. The Balaban J connectivity index is 1.49. The van der Waals surface area contributed by atoms with E-state index in [9.17, 15) is 14.4 Å². The Morgan fingerprint density at radius 3 is 2.65 bits per heavy atom. The summed E-state index contributed by atoms with van der Waals surface area (Å²) in [6.45, 7) is 5.24. The minimum atomic E-state index is -0.549. The number of aromatic nitrogens is 3. The predicted molar refractivity (Wildman–Crippen MR) is 160 cm³/mol. The van der Waals surface area contributed by atoms with Gasteiger partial charge >= 0.3 is 11.7 Å². The van der Waals surface area contributed by atoms with Crippen LogP contribution in [0.15, 0.2) is 50.7 Å². The van der Waals surface area contributed by atoms with Crippen molar-refractivity contribution in [3.63, 3.8) is 0 Å². The molecule has 2 aliphatic rings. The Morgan fingerprint density at radius 1 is 1.19 bits per heavy atom. The van der Waals surface area contributed by atoms with Crippen LogP contribution in [0, 0.1) is 12.8 Å². The van der Waals surface area contributed by atoms with Crippen molar-refractivity contribution in [2.45, 2.75) is 64.3 Å². The number of para-hydroxylation sites is 1. The molecule has 6 rings (SSSR count). The molecule has 43 heavy (non-hydrogen) atoms. The molecule has 228 valence electrons. The van der Waals surface area contributed by atoms with E-state index >= 15 is 0 Å². The fourth-order valence-corrected chi connectivity index (χ4v) is 7.24. The third kappa shape index (κ3) is 5.54. The van der Waals surface area contributed by atoms with E-state index in [0.717, 1.165) is 18.4 Å². The predicted octanol–water partition coefficient (Wildman–Crippen LogP) is 4.65. The normalized spacial score (nSPS) is 19.7. The lowest BCUT2D eigenvalue weighted by molar-refractivity contribution is -0.152. The van der Waals surface area contributed by atoms with Crippen molar-refractivity contribution in [3.8, 4) is 16.5 Å². The van der Waals surface area contributed by atoms with Gasteiger partial charge in [-0.2, -0.15) is 0 Å². The number of thiophene rings is 1. The number of hydrogen-bond donors (Lipinski definition) is 0. The third-order valence-corrected chi connectivity index (χ3v) is 9.63. The van der Waals surface area contributed by atoms with Crippen LogP contribution in [0.3, 0.4) is 0 Å². The van der Waals surface area contributed by atoms with Gasteiger partial charge in [-0.3, -0.25) is 18.7 Å². The molecular formula is C31H35N3O8S. The summed E-state index contributed by atoms with van der Waals surface area (Å²) >= 11 is 1.30. The zero-order valence-corrected chi connectivity index (χ0v) is 25.3. The van der Waals surface area contributed by atoms with Gasteiger partial charge in [0, 0.05) is 24.8 Å². The maximum Gasteiger partial charge on any atom is 0.332 e. The molecule has 1 aliphatic heterocycles. The van der Waals surface area contributed by atoms with Crippen molar-refractivity contribution in [2.24, 2.45) is 5.92 Å². The average Bonchev–Trinajstić information content (AvgIpc) is 3.64. The van der Waals surface area contributed by atoms with Gasteiger partial charge in [0.25, 0.3) is 5.56 Å². The number of fused-ring (bicyclic) bond motifs is 1. The van der Waals surface area contributed by atoms with E-state index in [4.69, 9.17) is 23.4 Å². The van der Waals surface area contributed by atoms with E-state index in [1.54, 1.807) is 24.8 Å². The van der Waals surface area contributed by atoms with Crippen LogP contribution >= 0.6 is 11.3 Å². The molecule has 4 aromatic rings. The monoisotopic (exact) mass is 609 g/mol. The lowest BCUT2D eigenvalue weighted by atomic mass is 9.80. The summed E-state index contributed by atoms with van der Waals surface area (Å²) in [4.78, 5) is 46.2. The standard InChI is InChI=1S/C31H35N3O8S/c1-4-40-30(36)19-15-20(16-19)34-28(35)25-18(2)26(27-32-11-14-41-27)43-29(25)33(31(34)37)17-24(42-21-9-12-39-13-10-21)22-7-5-6-8-23(22)38-3/h5-8,11,14,19-21,24H,4,9-10,12-13,15-17H2,1-3H3. The largest absolute Gasteiger partial charge is 0.496 e. The number of carbonyl (C=O) groups is 1. The van der Waals surface area contributed by atoms with Crippen LogP contribution in [-0.2, 0) is 25.5 Å². The summed E-state index contributed by atoms with van der Waals surface area (Å²) in [5.74, 6) is 0.392. The number of carbonyl (C=O) groups excluding carboxylic acids is 1. The van der Waals surface area contributed by atoms with Gasteiger partial charge in [0.1, 0.15) is 22.9 Å². The first-order chi connectivity index (χ1) is 20.9. The second kappa shape index (κ2) is 12.5. The molecule has 1 unspecified atom stereocenters. The number of oxazole rings is 1. The molecule has 12 heteroatoms. The third-order valence-electron chi connectivity index (χ3n) is 8.33. The number of benzene rings is 1. The number of rotatable bonds is 10. The van der Waals surface area contributed by atoms with Crippen LogP contribution < -0.4 is 16.0 Å². The van der Waals surface area contributed by atoms with Crippen LogP contribution in [0.5, 0.6) is 5.75 Å². The van der Waals surface area contributed by atoms with E-state index in [2.05, 4.69) is 4.98 Å². The van der Waals surface area contributed by atoms with Crippen LogP contribution in [0.2, 0.25) is 0 Å². The Bertz CT molecular complexity index is 1710. The first-order valence-corrected chi connectivity index (χ1v) is 15.4. The van der Waals surface area contributed by atoms with Crippen LogP contribution in [0.4, 0.5) is 0 Å². The highest BCUT2D eigenvalue weighted by atomic mass is 32.1. The number of ether oxygens (including phenoxy) is 4. The highest BCUT2D eigenvalue weighted by Gasteiger charge is 2.39. The average molecular weight is 610 g/mol. The van der Waals surface area contributed by atoms with Gasteiger partial charge in [0.15, 0.2) is 0 Å². The Hall–Kier alpha value is -3.74. The quantitative estimate of drug-likeness (QED) is 0.236. The highest BCUT2D eigenvalue weighted by Crippen LogP contribution is 2.40. The van der Waals surface area contributed by atoms with Gasteiger partial charge < -0.3 is 23.4 Å². The maximum absolute atomic E-state index is 14.3. The molecule has 0 spiro atoms. The molecule has 0 amide bonds. The second-order valence-electron chi connectivity index (χ2n) is 10.9. The molecule has 1 atom stereocenters. The van der Waals surface area contributed by atoms with Gasteiger partial charge in [-0.1, -0.05) is 18.2 Å². The number of nitrogens with zero attached hydrogens (tertiary/aromatic N) is 3. The summed E-state index contributed by atoms with van der Waals surface area (Å²) in [6.07, 6.45) is 4.62. The van der Waals surface area contributed by atoms with Crippen molar-refractivity contribution < 1.29 is 28.2 Å². The molecular weight excluding hydrogens is 574 g/mol. The topological polar surface area (TPSA) is 124 Å².